The molecule has 0 N–H and O–H groups in total. The van der Waals surface area contributed by atoms with Crippen molar-refractivity contribution in [2.24, 2.45) is 0 Å². The molecule has 0 bridgehead atoms. The molecule has 0 atom stereocenters. The van der Waals surface area contributed by atoms with E-state index in [0.29, 0.717) is 17.5 Å². The van der Waals surface area contributed by atoms with Crippen LogP contribution in [-0.4, -0.2) is 24.5 Å². The number of thiophene rings is 1. The summed E-state index contributed by atoms with van der Waals surface area (Å²) >= 11 is 1.87. The predicted octanol–water partition coefficient (Wildman–Crippen LogP) is 12.1. The van der Waals surface area contributed by atoms with Crippen molar-refractivity contribution in [3.63, 3.8) is 0 Å². The van der Waals surface area contributed by atoms with Crippen LogP contribution in [0.1, 0.15) is 66.9 Å². The van der Waals surface area contributed by atoms with Crippen molar-refractivity contribution in [2.45, 2.75) is 51.4 Å². The minimum atomic E-state index is 0.662. The van der Waals surface area contributed by atoms with Gasteiger partial charge in [0, 0.05) is 54.6 Å². The highest BCUT2D eigenvalue weighted by Gasteiger charge is 2.24. The van der Waals surface area contributed by atoms with Gasteiger partial charge in [-0.25, -0.2) is 19.9 Å². The highest BCUT2D eigenvalue weighted by atomic mass is 32.1. The Labute approximate surface area is 352 Å². The summed E-state index contributed by atoms with van der Waals surface area (Å²) in [6, 6.07) is 34.8. The summed E-state index contributed by atoms with van der Waals surface area (Å²) in [6.45, 7) is 0. The van der Waals surface area contributed by atoms with Gasteiger partial charge < -0.3 is 4.57 Å². The molecule has 6 heteroatoms. The van der Waals surface area contributed by atoms with E-state index in [0.717, 1.165) is 90.5 Å². The summed E-state index contributed by atoms with van der Waals surface area (Å²) in [5, 5.41) is 3.87. The van der Waals surface area contributed by atoms with E-state index in [2.05, 4.69) is 156 Å². The Bertz CT molecular complexity index is 3250. The first kappa shape index (κ1) is 35.2. The van der Waals surface area contributed by atoms with E-state index in [-0.39, 0.29) is 0 Å². The van der Waals surface area contributed by atoms with Gasteiger partial charge in [-0.2, -0.15) is 0 Å². The zero-order valence-electron chi connectivity index (χ0n) is 33.2. The SMILES string of the molecule is C1=CC(c2nc(-c3ccc(-c4nc5ccc(-c6ccccc6)cc5c5c6c(sc45)=CCCC=6)cc3)nc(-c3ccc(-n4c5c(c6c4C=CCC6)CCC=C5)cc3)n2)=CCC1. The molecular weight excluding hydrogens is 751 g/mol. The van der Waals surface area contributed by atoms with Crippen LogP contribution in [0.4, 0.5) is 0 Å². The van der Waals surface area contributed by atoms with Crippen LogP contribution in [0, 0.1) is 0 Å². The van der Waals surface area contributed by atoms with Gasteiger partial charge in [0.05, 0.1) is 15.9 Å². The maximum atomic E-state index is 5.37. The first-order valence-electron chi connectivity index (χ1n) is 21.3. The third-order valence-corrected chi connectivity index (χ3v) is 13.7. The van der Waals surface area contributed by atoms with Crippen LogP contribution in [0.25, 0.3) is 102 Å². The average Bonchev–Trinajstić information content (AvgIpc) is 3.89. The Morgan fingerprint density at radius 1 is 0.500 bits per heavy atom. The quantitative estimate of drug-likeness (QED) is 0.168. The molecule has 0 spiro atoms. The third kappa shape index (κ3) is 5.97. The number of fused-ring (bicyclic) bond motifs is 8. The second-order valence-corrected chi connectivity index (χ2v) is 17.2. The monoisotopic (exact) mass is 791 g/mol. The lowest BCUT2D eigenvalue weighted by Gasteiger charge is -2.14. The molecule has 288 valence electrons. The van der Waals surface area contributed by atoms with Crippen molar-refractivity contribution in [2.75, 3.05) is 0 Å². The number of aromatic nitrogens is 5. The standard InChI is InChI=1S/C54H41N5S/c1-3-13-34(14-4-1)39-29-32-45-44(33-39)49-43-19-9-12-22-48(43)60-51(49)50(55-45)35-23-25-37(26-24-35)53-56-52(36-15-5-2-6-16-36)57-54(58-53)38-27-30-40(31-28-38)59-46-20-10-7-17-41(46)42-18-8-11-21-47(42)59/h1,3-5,10-11,13-16,19-33H,2,6-9,12,17-18H2. The fourth-order valence-electron chi connectivity index (χ4n) is 9.52. The van der Waals surface area contributed by atoms with Gasteiger partial charge in [0.25, 0.3) is 0 Å². The molecule has 60 heavy (non-hydrogen) atoms. The van der Waals surface area contributed by atoms with Crippen LogP contribution in [0.3, 0.4) is 0 Å². The van der Waals surface area contributed by atoms with Crippen molar-refractivity contribution in [3.05, 3.63) is 166 Å². The highest BCUT2D eigenvalue weighted by Crippen LogP contribution is 2.38. The van der Waals surface area contributed by atoms with Gasteiger partial charge in [0.2, 0.25) is 0 Å². The average molecular weight is 792 g/mol. The normalized spacial score (nSPS) is 15.3. The number of allylic oxidation sites excluding steroid dienone is 6. The largest absolute Gasteiger partial charge is 0.310 e. The number of hydrogen-bond acceptors (Lipinski definition) is 5. The molecule has 4 heterocycles. The first-order valence-corrected chi connectivity index (χ1v) is 22.1. The molecule has 0 saturated carbocycles. The summed E-state index contributed by atoms with van der Waals surface area (Å²) in [6.07, 6.45) is 29.2. The number of hydrogen-bond donors (Lipinski definition) is 0. The highest BCUT2D eigenvalue weighted by molar-refractivity contribution is 7.17. The smallest absolute Gasteiger partial charge is 0.164 e. The Balaban J connectivity index is 0.943. The number of rotatable bonds is 6. The van der Waals surface area contributed by atoms with Crippen LogP contribution >= 0.6 is 11.3 Å². The Hall–Kier alpha value is -6.76. The Morgan fingerprint density at radius 2 is 1.13 bits per heavy atom. The number of benzene rings is 4. The fraction of sp³-hybridized carbons (Fsp3) is 0.148. The van der Waals surface area contributed by atoms with E-state index in [4.69, 9.17) is 19.9 Å². The van der Waals surface area contributed by atoms with E-state index in [1.165, 1.54) is 58.9 Å². The van der Waals surface area contributed by atoms with Crippen molar-refractivity contribution >= 4 is 62.2 Å². The third-order valence-electron chi connectivity index (χ3n) is 12.5. The van der Waals surface area contributed by atoms with Gasteiger partial charge in [0.1, 0.15) is 0 Å². The second kappa shape index (κ2) is 14.5. The molecule has 12 rings (SSSR count). The molecule has 0 aliphatic heterocycles. The molecule has 0 saturated heterocycles. The maximum Gasteiger partial charge on any atom is 0.164 e. The van der Waals surface area contributed by atoms with Gasteiger partial charge in [-0.05, 0) is 127 Å². The van der Waals surface area contributed by atoms with Crippen molar-refractivity contribution in [1.82, 2.24) is 24.5 Å². The Kier molecular flexibility index (Phi) is 8.51. The first-order chi connectivity index (χ1) is 29.7. The molecule has 4 aromatic carbocycles. The van der Waals surface area contributed by atoms with Crippen molar-refractivity contribution < 1.29 is 0 Å². The maximum absolute atomic E-state index is 5.37. The number of nitrogens with zero attached hydrogens (tertiary/aromatic N) is 5. The lowest BCUT2D eigenvalue weighted by Crippen LogP contribution is -2.20. The minimum absolute atomic E-state index is 0.662. The Morgan fingerprint density at radius 3 is 1.85 bits per heavy atom. The zero-order chi connectivity index (χ0) is 39.6. The van der Waals surface area contributed by atoms with Crippen LogP contribution in [0.15, 0.2) is 127 Å². The molecule has 0 unspecified atom stereocenters. The van der Waals surface area contributed by atoms with E-state index >= 15 is 0 Å². The van der Waals surface area contributed by atoms with Gasteiger partial charge >= 0.3 is 0 Å². The lowest BCUT2D eigenvalue weighted by molar-refractivity contribution is 0.922. The molecule has 8 aromatic rings. The molecule has 5 nitrogen and oxygen atoms in total. The summed E-state index contributed by atoms with van der Waals surface area (Å²) in [7, 11) is 0. The van der Waals surface area contributed by atoms with Crippen LogP contribution < -0.4 is 9.75 Å². The molecule has 0 amide bonds. The van der Waals surface area contributed by atoms with Gasteiger partial charge in [-0.3, -0.25) is 0 Å². The molecular formula is C54H41N5S. The molecule has 4 aliphatic rings. The van der Waals surface area contributed by atoms with E-state index in [9.17, 15) is 0 Å². The van der Waals surface area contributed by atoms with Crippen molar-refractivity contribution in [1.29, 1.82) is 0 Å². The van der Waals surface area contributed by atoms with Crippen LogP contribution in [-0.2, 0) is 12.8 Å². The molecule has 4 aromatic heterocycles. The summed E-state index contributed by atoms with van der Waals surface area (Å²) in [5.41, 5.74) is 15.3. The predicted molar refractivity (Wildman–Crippen MR) is 250 cm³/mol. The van der Waals surface area contributed by atoms with Crippen LogP contribution in [0.5, 0.6) is 0 Å². The van der Waals surface area contributed by atoms with E-state index in [1.54, 1.807) is 0 Å². The summed E-state index contributed by atoms with van der Waals surface area (Å²) in [5.74, 6) is 2.04. The molecule has 4 aliphatic carbocycles. The summed E-state index contributed by atoms with van der Waals surface area (Å²) < 4.78 is 5.02. The van der Waals surface area contributed by atoms with E-state index < -0.39 is 0 Å². The summed E-state index contributed by atoms with van der Waals surface area (Å²) in [4.78, 5) is 20.7. The van der Waals surface area contributed by atoms with Crippen molar-refractivity contribution in [3.8, 4) is 50.8 Å². The topological polar surface area (TPSA) is 56.5 Å². The lowest BCUT2D eigenvalue weighted by atomic mass is 9.94. The fourth-order valence-corrected chi connectivity index (χ4v) is 10.8. The second-order valence-electron chi connectivity index (χ2n) is 16.1. The molecule has 0 fully saturated rings. The van der Waals surface area contributed by atoms with E-state index in [1.807, 2.05) is 11.3 Å². The van der Waals surface area contributed by atoms with Gasteiger partial charge in [-0.15, -0.1) is 11.3 Å². The number of pyridine rings is 1. The minimum Gasteiger partial charge on any atom is -0.310 e. The van der Waals surface area contributed by atoms with Gasteiger partial charge in [-0.1, -0.05) is 103 Å². The van der Waals surface area contributed by atoms with Crippen LogP contribution in [0.2, 0.25) is 0 Å². The van der Waals surface area contributed by atoms with Gasteiger partial charge in [0.15, 0.2) is 17.5 Å². The zero-order valence-corrected chi connectivity index (χ0v) is 34.1. The molecule has 0 radical (unpaired) electrons.